The summed E-state index contributed by atoms with van der Waals surface area (Å²) in [5.41, 5.74) is 1.20. The molecule has 4 nitrogen and oxygen atoms in total. The van der Waals surface area contributed by atoms with E-state index < -0.39 is 0 Å². The second kappa shape index (κ2) is 4.89. The van der Waals surface area contributed by atoms with Gasteiger partial charge in [-0.1, -0.05) is 35.5 Å². The third kappa shape index (κ3) is 2.50. The van der Waals surface area contributed by atoms with E-state index in [1.165, 1.54) is 5.56 Å². The smallest absolute Gasteiger partial charge is 0.244 e. The number of nitrogens with zero attached hydrogens (tertiary/aromatic N) is 2. The molecule has 1 aromatic carbocycles. The molecule has 1 atom stereocenters. The van der Waals surface area contributed by atoms with Crippen molar-refractivity contribution in [1.29, 1.82) is 0 Å². The number of nitrogens with one attached hydrogen (secondary N) is 1. The summed E-state index contributed by atoms with van der Waals surface area (Å²) in [6.07, 6.45) is 0.726. The normalized spacial score (nSPS) is 19.6. The first kappa shape index (κ1) is 10.8. The van der Waals surface area contributed by atoms with Crippen molar-refractivity contribution in [2.24, 2.45) is 0 Å². The first-order valence-corrected chi connectivity index (χ1v) is 6.75. The lowest BCUT2D eigenvalue weighted by Gasteiger charge is -2.00. The Bertz CT molecular complexity index is 480. The van der Waals surface area contributed by atoms with Crippen molar-refractivity contribution in [3.63, 3.8) is 0 Å². The molecule has 0 spiro atoms. The van der Waals surface area contributed by atoms with Crippen molar-refractivity contribution in [2.45, 2.75) is 12.5 Å². The van der Waals surface area contributed by atoms with Crippen LogP contribution in [-0.4, -0.2) is 21.8 Å². The fraction of sp³-hybridized carbons (Fsp3) is 0.333. The van der Waals surface area contributed by atoms with E-state index in [2.05, 4.69) is 27.6 Å². The Morgan fingerprint density at radius 1 is 1.35 bits per heavy atom. The molecule has 1 aliphatic heterocycles. The van der Waals surface area contributed by atoms with Crippen LogP contribution in [0.15, 0.2) is 34.9 Å². The fourth-order valence-corrected chi connectivity index (χ4v) is 2.75. The van der Waals surface area contributed by atoms with E-state index in [4.69, 9.17) is 4.52 Å². The van der Waals surface area contributed by atoms with Crippen LogP contribution in [0.25, 0.3) is 0 Å². The van der Waals surface area contributed by atoms with Gasteiger partial charge in [0.1, 0.15) is 0 Å². The van der Waals surface area contributed by atoms with E-state index in [-0.39, 0.29) is 6.04 Å². The molecule has 0 amide bonds. The monoisotopic (exact) mass is 247 g/mol. The van der Waals surface area contributed by atoms with Gasteiger partial charge in [0.15, 0.2) is 5.82 Å². The van der Waals surface area contributed by atoms with E-state index in [9.17, 15) is 0 Å². The summed E-state index contributed by atoms with van der Waals surface area (Å²) in [6.45, 7) is 0. The Morgan fingerprint density at radius 2 is 2.24 bits per heavy atom. The van der Waals surface area contributed by atoms with Crippen LogP contribution >= 0.6 is 11.8 Å². The number of hydrogen-bond donors (Lipinski definition) is 1. The number of rotatable bonds is 3. The molecule has 88 valence electrons. The molecule has 1 saturated heterocycles. The van der Waals surface area contributed by atoms with E-state index in [1.807, 2.05) is 30.0 Å². The summed E-state index contributed by atoms with van der Waals surface area (Å²) in [7, 11) is 0. The van der Waals surface area contributed by atoms with Gasteiger partial charge < -0.3 is 4.52 Å². The lowest BCUT2D eigenvalue weighted by atomic mass is 10.1. The largest absolute Gasteiger partial charge is 0.338 e. The molecule has 3 rings (SSSR count). The Kier molecular flexibility index (Phi) is 3.11. The van der Waals surface area contributed by atoms with E-state index in [0.29, 0.717) is 5.89 Å². The molecule has 1 aliphatic rings. The number of benzene rings is 1. The first-order valence-electron chi connectivity index (χ1n) is 5.59. The maximum atomic E-state index is 5.28. The molecule has 17 heavy (non-hydrogen) atoms. The highest BCUT2D eigenvalue weighted by molar-refractivity contribution is 7.99. The minimum Gasteiger partial charge on any atom is -0.338 e. The van der Waals surface area contributed by atoms with Crippen LogP contribution in [0, 0.1) is 0 Å². The number of thioether (sulfide) groups is 1. The minimum absolute atomic E-state index is 0.219. The maximum absolute atomic E-state index is 5.28. The summed E-state index contributed by atoms with van der Waals surface area (Å²) in [4.78, 5) is 4.43. The van der Waals surface area contributed by atoms with E-state index >= 15 is 0 Å². The van der Waals surface area contributed by atoms with Gasteiger partial charge in [-0.15, -0.1) is 11.8 Å². The lowest BCUT2D eigenvalue weighted by Crippen LogP contribution is -2.14. The molecule has 1 fully saturated rings. The summed E-state index contributed by atoms with van der Waals surface area (Å²) in [5.74, 6) is 3.43. The van der Waals surface area contributed by atoms with Crippen LogP contribution in [0.5, 0.6) is 0 Å². The van der Waals surface area contributed by atoms with Gasteiger partial charge in [0.2, 0.25) is 5.89 Å². The van der Waals surface area contributed by atoms with Crippen LogP contribution in [0.2, 0.25) is 0 Å². The standard InChI is InChI=1S/C12H13N3OS/c1-2-4-9(5-3-1)6-11-14-12(16-15-11)10-7-17-8-13-10/h1-5,10,13H,6-8H2. The minimum atomic E-state index is 0.219. The van der Waals surface area contributed by atoms with E-state index in [1.54, 1.807) is 0 Å². The molecule has 1 unspecified atom stereocenters. The zero-order valence-electron chi connectivity index (χ0n) is 9.30. The Labute approximate surface area is 104 Å². The molecule has 0 radical (unpaired) electrons. The molecule has 5 heteroatoms. The van der Waals surface area contributed by atoms with Gasteiger partial charge in [-0.05, 0) is 5.56 Å². The lowest BCUT2D eigenvalue weighted by molar-refractivity contribution is 0.347. The molecule has 1 aromatic heterocycles. The Hall–Kier alpha value is -1.33. The SMILES string of the molecule is c1ccc(Cc2noc(C3CSCN3)n2)cc1. The van der Waals surface area contributed by atoms with Crippen LogP contribution in [0.4, 0.5) is 0 Å². The van der Waals surface area contributed by atoms with Gasteiger partial charge in [-0.3, -0.25) is 5.32 Å². The first-order chi connectivity index (χ1) is 8.42. The summed E-state index contributed by atoms with van der Waals surface area (Å²) in [5, 5.41) is 7.34. The van der Waals surface area contributed by atoms with Crippen molar-refractivity contribution in [3.8, 4) is 0 Å². The van der Waals surface area contributed by atoms with Gasteiger partial charge in [-0.2, -0.15) is 4.98 Å². The molecule has 0 aliphatic carbocycles. The predicted molar refractivity (Wildman–Crippen MR) is 66.7 cm³/mol. The number of hydrogen-bond acceptors (Lipinski definition) is 5. The number of aromatic nitrogens is 2. The van der Waals surface area contributed by atoms with Crippen molar-refractivity contribution in [3.05, 3.63) is 47.6 Å². The van der Waals surface area contributed by atoms with Crippen LogP contribution in [0.3, 0.4) is 0 Å². The Balaban J connectivity index is 1.72. The van der Waals surface area contributed by atoms with Gasteiger partial charge in [0.25, 0.3) is 0 Å². The maximum Gasteiger partial charge on any atom is 0.244 e. The second-order valence-corrected chi connectivity index (χ2v) is 5.01. The van der Waals surface area contributed by atoms with Gasteiger partial charge in [0, 0.05) is 18.1 Å². The molecule has 1 N–H and O–H groups in total. The van der Waals surface area contributed by atoms with E-state index in [0.717, 1.165) is 23.9 Å². The fourth-order valence-electron chi connectivity index (χ4n) is 1.81. The Morgan fingerprint density at radius 3 is 3.00 bits per heavy atom. The average Bonchev–Trinajstić information content (AvgIpc) is 3.00. The van der Waals surface area contributed by atoms with Crippen molar-refractivity contribution >= 4 is 11.8 Å². The topological polar surface area (TPSA) is 51.0 Å². The van der Waals surface area contributed by atoms with Crippen molar-refractivity contribution < 1.29 is 4.52 Å². The van der Waals surface area contributed by atoms with Gasteiger partial charge in [-0.25, -0.2) is 0 Å². The average molecular weight is 247 g/mol. The van der Waals surface area contributed by atoms with Gasteiger partial charge >= 0.3 is 0 Å². The van der Waals surface area contributed by atoms with Crippen LogP contribution in [0.1, 0.15) is 23.3 Å². The molecule has 2 aromatic rings. The zero-order chi connectivity index (χ0) is 11.5. The van der Waals surface area contributed by atoms with Crippen molar-refractivity contribution in [2.75, 3.05) is 11.6 Å². The summed E-state index contributed by atoms with van der Waals surface area (Å²) < 4.78 is 5.28. The van der Waals surface area contributed by atoms with Crippen LogP contribution < -0.4 is 5.32 Å². The molecule has 0 bridgehead atoms. The highest BCUT2D eigenvalue weighted by Gasteiger charge is 2.22. The quantitative estimate of drug-likeness (QED) is 0.899. The summed E-state index contributed by atoms with van der Waals surface area (Å²) >= 11 is 1.85. The third-order valence-corrected chi connectivity index (χ3v) is 3.64. The van der Waals surface area contributed by atoms with Gasteiger partial charge in [0.05, 0.1) is 6.04 Å². The summed E-state index contributed by atoms with van der Waals surface area (Å²) in [6, 6.07) is 10.4. The molecule has 2 heterocycles. The molecule has 0 saturated carbocycles. The molecular weight excluding hydrogens is 234 g/mol. The second-order valence-electron chi connectivity index (χ2n) is 3.98. The highest BCUT2D eigenvalue weighted by Crippen LogP contribution is 2.22. The predicted octanol–water partition coefficient (Wildman–Crippen LogP) is 2.00. The van der Waals surface area contributed by atoms with Crippen LogP contribution in [-0.2, 0) is 6.42 Å². The van der Waals surface area contributed by atoms with Crippen molar-refractivity contribution in [1.82, 2.24) is 15.5 Å². The molecular formula is C12H13N3OS. The zero-order valence-corrected chi connectivity index (χ0v) is 10.1. The third-order valence-electron chi connectivity index (χ3n) is 2.70. The highest BCUT2D eigenvalue weighted by atomic mass is 32.2.